The lowest BCUT2D eigenvalue weighted by molar-refractivity contribution is -0.139. The van der Waals surface area contributed by atoms with Crippen molar-refractivity contribution in [3.63, 3.8) is 0 Å². The highest BCUT2D eigenvalue weighted by Crippen LogP contribution is 2.30. The molecule has 0 saturated heterocycles. The fraction of sp³-hybridized carbons (Fsp3) is 0.231. The predicted molar refractivity (Wildman–Crippen MR) is 143 cm³/mol. The molecule has 190 valence electrons. The first kappa shape index (κ1) is 27.5. The van der Waals surface area contributed by atoms with E-state index in [1.807, 2.05) is 30.3 Å². The maximum absolute atomic E-state index is 13.7. The zero-order valence-corrected chi connectivity index (χ0v) is 22.2. The number of nitrogens with one attached hydrogen (secondary N) is 1. The maximum atomic E-state index is 13.7. The SMILES string of the molecule is CCNC(=O)C(C)N(Cc1ccccc1)C(=O)CN(c1cc(Cl)cc(Cl)c1)S(=O)(=O)c1ccccc1. The Labute approximate surface area is 221 Å². The van der Waals surface area contributed by atoms with Crippen LogP contribution in [0, 0.1) is 0 Å². The minimum atomic E-state index is -4.18. The van der Waals surface area contributed by atoms with Crippen molar-refractivity contribution in [1.29, 1.82) is 0 Å². The van der Waals surface area contributed by atoms with E-state index in [1.165, 1.54) is 35.2 Å². The molecular weight excluding hydrogens is 521 g/mol. The third-order valence-corrected chi connectivity index (χ3v) is 7.68. The minimum Gasteiger partial charge on any atom is -0.355 e. The average molecular weight is 548 g/mol. The van der Waals surface area contributed by atoms with Gasteiger partial charge in [-0.15, -0.1) is 0 Å². The second-order valence-corrected chi connectivity index (χ2v) is 10.8. The summed E-state index contributed by atoms with van der Waals surface area (Å²) in [7, 11) is -4.18. The van der Waals surface area contributed by atoms with Crippen molar-refractivity contribution in [2.45, 2.75) is 31.3 Å². The first-order valence-electron chi connectivity index (χ1n) is 11.3. The van der Waals surface area contributed by atoms with Crippen LogP contribution in [0.3, 0.4) is 0 Å². The van der Waals surface area contributed by atoms with Crippen LogP contribution < -0.4 is 9.62 Å². The molecular formula is C26H27Cl2N3O4S. The molecule has 0 heterocycles. The largest absolute Gasteiger partial charge is 0.355 e. The Hall–Kier alpha value is -3.07. The summed E-state index contributed by atoms with van der Waals surface area (Å²) < 4.78 is 28.3. The number of sulfonamides is 1. The van der Waals surface area contributed by atoms with Crippen LogP contribution in [0.15, 0.2) is 83.8 Å². The zero-order chi connectivity index (χ0) is 26.3. The Balaban J connectivity index is 2.04. The molecule has 1 N–H and O–H groups in total. The standard InChI is InChI=1S/C26H27Cl2N3O4S/c1-3-29-26(33)19(2)30(17-20-10-6-4-7-11-20)25(32)18-31(23-15-21(27)14-22(28)16-23)36(34,35)24-12-8-5-9-13-24/h4-16,19H,3,17-18H2,1-2H3,(H,29,33). The van der Waals surface area contributed by atoms with Gasteiger partial charge in [0.05, 0.1) is 10.6 Å². The number of hydrogen-bond acceptors (Lipinski definition) is 4. The molecule has 36 heavy (non-hydrogen) atoms. The summed E-state index contributed by atoms with van der Waals surface area (Å²) in [5.41, 5.74) is 0.931. The third kappa shape index (κ3) is 6.78. The lowest BCUT2D eigenvalue weighted by Gasteiger charge is -2.32. The van der Waals surface area contributed by atoms with Crippen LogP contribution in [-0.2, 0) is 26.2 Å². The molecule has 3 rings (SSSR count). The first-order valence-corrected chi connectivity index (χ1v) is 13.5. The number of anilines is 1. The molecule has 0 aromatic heterocycles. The number of carbonyl (C=O) groups excluding carboxylic acids is 2. The van der Waals surface area contributed by atoms with Crippen LogP contribution in [0.1, 0.15) is 19.4 Å². The van der Waals surface area contributed by atoms with Gasteiger partial charge in [-0.05, 0) is 49.7 Å². The van der Waals surface area contributed by atoms with Gasteiger partial charge in [0.1, 0.15) is 12.6 Å². The van der Waals surface area contributed by atoms with Gasteiger partial charge in [0.2, 0.25) is 11.8 Å². The Morgan fingerprint density at radius 1 is 0.917 bits per heavy atom. The summed E-state index contributed by atoms with van der Waals surface area (Å²) in [4.78, 5) is 27.7. The first-order chi connectivity index (χ1) is 17.1. The van der Waals surface area contributed by atoms with E-state index in [9.17, 15) is 18.0 Å². The number of carbonyl (C=O) groups is 2. The molecule has 0 aliphatic heterocycles. The molecule has 3 aromatic carbocycles. The van der Waals surface area contributed by atoms with Crippen molar-refractivity contribution in [2.24, 2.45) is 0 Å². The van der Waals surface area contributed by atoms with Crippen molar-refractivity contribution in [2.75, 3.05) is 17.4 Å². The van der Waals surface area contributed by atoms with Crippen molar-refractivity contribution >= 4 is 50.7 Å². The molecule has 0 radical (unpaired) electrons. The Morgan fingerprint density at radius 3 is 2.03 bits per heavy atom. The number of hydrogen-bond donors (Lipinski definition) is 1. The molecule has 0 aliphatic rings. The number of nitrogens with zero attached hydrogens (tertiary/aromatic N) is 2. The molecule has 10 heteroatoms. The fourth-order valence-corrected chi connectivity index (χ4v) is 5.55. The van der Waals surface area contributed by atoms with Crippen LogP contribution in [0.4, 0.5) is 5.69 Å². The molecule has 0 fully saturated rings. The van der Waals surface area contributed by atoms with E-state index < -0.39 is 28.5 Å². The van der Waals surface area contributed by atoms with Crippen molar-refractivity contribution in [3.05, 3.63) is 94.5 Å². The van der Waals surface area contributed by atoms with Crippen molar-refractivity contribution < 1.29 is 18.0 Å². The van der Waals surface area contributed by atoms with Crippen molar-refractivity contribution in [1.82, 2.24) is 10.2 Å². The van der Waals surface area contributed by atoms with Gasteiger partial charge in [-0.1, -0.05) is 71.7 Å². The molecule has 7 nitrogen and oxygen atoms in total. The Morgan fingerprint density at radius 2 is 1.47 bits per heavy atom. The van der Waals surface area contributed by atoms with Crippen LogP contribution in [0.2, 0.25) is 10.0 Å². The van der Waals surface area contributed by atoms with Gasteiger partial charge in [0, 0.05) is 23.1 Å². The van der Waals surface area contributed by atoms with Gasteiger partial charge < -0.3 is 10.2 Å². The van der Waals surface area contributed by atoms with Gasteiger partial charge in [0.25, 0.3) is 10.0 Å². The summed E-state index contributed by atoms with van der Waals surface area (Å²) in [6.45, 7) is 3.34. The van der Waals surface area contributed by atoms with Crippen LogP contribution in [0.5, 0.6) is 0 Å². The maximum Gasteiger partial charge on any atom is 0.264 e. The second-order valence-electron chi connectivity index (χ2n) is 8.03. The van der Waals surface area contributed by atoms with Crippen molar-refractivity contribution in [3.8, 4) is 0 Å². The minimum absolute atomic E-state index is 0.000261. The lowest BCUT2D eigenvalue weighted by Crippen LogP contribution is -2.51. The summed E-state index contributed by atoms with van der Waals surface area (Å²) >= 11 is 12.3. The smallest absolute Gasteiger partial charge is 0.264 e. The highest BCUT2D eigenvalue weighted by atomic mass is 35.5. The lowest BCUT2D eigenvalue weighted by atomic mass is 10.1. The second kappa shape index (κ2) is 12.3. The molecule has 0 spiro atoms. The molecule has 1 atom stereocenters. The van der Waals surface area contributed by atoms with E-state index in [2.05, 4.69) is 5.32 Å². The fourth-order valence-electron chi connectivity index (χ4n) is 3.62. The molecule has 3 aromatic rings. The third-order valence-electron chi connectivity index (χ3n) is 5.46. The highest BCUT2D eigenvalue weighted by Gasteiger charge is 2.32. The number of likely N-dealkylation sites (N-methyl/N-ethyl adjacent to an activating group) is 1. The van der Waals surface area contributed by atoms with Gasteiger partial charge in [-0.25, -0.2) is 8.42 Å². The van der Waals surface area contributed by atoms with E-state index in [0.717, 1.165) is 9.87 Å². The van der Waals surface area contributed by atoms with Crippen LogP contribution in [-0.4, -0.2) is 44.3 Å². The number of benzene rings is 3. The molecule has 0 aliphatic carbocycles. The Kier molecular flexibility index (Phi) is 9.37. The zero-order valence-electron chi connectivity index (χ0n) is 19.9. The van der Waals surface area contributed by atoms with E-state index in [4.69, 9.17) is 23.2 Å². The quantitative estimate of drug-likeness (QED) is 0.397. The number of rotatable bonds is 10. The van der Waals surface area contributed by atoms with Gasteiger partial charge in [-0.3, -0.25) is 13.9 Å². The van der Waals surface area contributed by atoms with E-state index >= 15 is 0 Å². The summed E-state index contributed by atoms with van der Waals surface area (Å²) in [5, 5.41) is 3.16. The van der Waals surface area contributed by atoms with Crippen LogP contribution in [0.25, 0.3) is 0 Å². The van der Waals surface area contributed by atoms with E-state index in [1.54, 1.807) is 32.0 Å². The summed E-state index contributed by atoms with van der Waals surface area (Å²) in [6, 6.07) is 20.4. The van der Waals surface area contributed by atoms with Gasteiger partial charge in [0.15, 0.2) is 0 Å². The highest BCUT2D eigenvalue weighted by molar-refractivity contribution is 7.92. The summed E-state index contributed by atoms with van der Waals surface area (Å²) in [6.07, 6.45) is 0. The van der Waals surface area contributed by atoms with Gasteiger partial charge in [-0.2, -0.15) is 0 Å². The van der Waals surface area contributed by atoms with E-state index in [-0.39, 0.29) is 33.1 Å². The topological polar surface area (TPSA) is 86.8 Å². The number of amides is 2. The molecule has 1 unspecified atom stereocenters. The molecule has 0 saturated carbocycles. The summed E-state index contributed by atoms with van der Waals surface area (Å²) in [5.74, 6) is -0.904. The monoisotopic (exact) mass is 547 g/mol. The molecule has 0 bridgehead atoms. The van der Waals surface area contributed by atoms with Crippen LogP contribution >= 0.6 is 23.2 Å². The predicted octanol–water partition coefficient (Wildman–Crippen LogP) is 4.74. The average Bonchev–Trinajstić information content (AvgIpc) is 2.86. The normalized spacial score (nSPS) is 12.0. The number of halogens is 2. The molecule has 2 amide bonds. The van der Waals surface area contributed by atoms with Gasteiger partial charge >= 0.3 is 0 Å². The van der Waals surface area contributed by atoms with E-state index in [0.29, 0.717) is 6.54 Å². The Bertz CT molecular complexity index is 1290.